The second kappa shape index (κ2) is 12.6. The lowest BCUT2D eigenvalue weighted by Gasteiger charge is -2.34. The molecule has 1 unspecified atom stereocenters. The number of aromatic nitrogens is 3. The molecule has 28 heavy (non-hydrogen) atoms. The Bertz CT molecular complexity index is 581. The lowest BCUT2D eigenvalue weighted by Crippen LogP contribution is -2.49. The average Bonchev–Trinajstić information content (AvgIpc) is 3.35. The molecule has 2 aliphatic heterocycles. The van der Waals surface area contributed by atoms with Gasteiger partial charge in [-0.05, 0) is 32.1 Å². The SMILES string of the molecule is CCNC(=NCCn1cnnc1CC)NC1CCN(CC2CCOC2)CC1.I. The van der Waals surface area contributed by atoms with Gasteiger partial charge in [0.2, 0.25) is 0 Å². The van der Waals surface area contributed by atoms with E-state index in [-0.39, 0.29) is 24.0 Å². The quantitative estimate of drug-likeness (QED) is 0.317. The number of hydrogen-bond donors (Lipinski definition) is 2. The van der Waals surface area contributed by atoms with Gasteiger partial charge in [-0.15, -0.1) is 34.2 Å². The van der Waals surface area contributed by atoms with Crippen LogP contribution < -0.4 is 10.6 Å². The van der Waals surface area contributed by atoms with Crippen LogP contribution in [0.15, 0.2) is 11.3 Å². The molecule has 2 N–H and O–H groups in total. The Kier molecular flexibility index (Phi) is 10.5. The van der Waals surface area contributed by atoms with Gasteiger partial charge in [-0.2, -0.15) is 0 Å². The summed E-state index contributed by atoms with van der Waals surface area (Å²) < 4.78 is 7.59. The van der Waals surface area contributed by atoms with Gasteiger partial charge in [0.05, 0.1) is 13.2 Å². The van der Waals surface area contributed by atoms with Crippen LogP contribution in [0, 0.1) is 5.92 Å². The van der Waals surface area contributed by atoms with Crippen molar-refractivity contribution in [1.29, 1.82) is 0 Å². The van der Waals surface area contributed by atoms with Crippen LogP contribution >= 0.6 is 24.0 Å². The molecule has 1 aromatic heterocycles. The number of piperidine rings is 1. The normalized spacial score (nSPS) is 21.5. The van der Waals surface area contributed by atoms with Gasteiger partial charge in [0.1, 0.15) is 12.2 Å². The van der Waals surface area contributed by atoms with Crippen LogP contribution in [0.4, 0.5) is 0 Å². The van der Waals surface area contributed by atoms with Crippen LogP contribution in [0.2, 0.25) is 0 Å². The zero-order valence-corrected chi connectivity index (χ0v) is 19.6. The van der Waals surface area contributed by atoms with Gasteiger partial charge in [-0.25, -0.2) is 0 Å². The topological polar surface area (TPSA) is 79.6 Å². The number of nitrogens with one attached hydrogen (secondary N) is 2. The largest absolute Gasteiger partial charge is 0.381 e. The fraction of sp³-hybridized carbons (Fsp3) is 0.842. The number of hydrogen-bond acceptors (Lipinski definition) is 5. The molecule has 2 fully saturated rings. The van der Waals surface area contributed by atoms with Crippen molar-refractivity contribution in [1.82, 2.24) is 30.3 Å². The summed E-state index contributed by atoms with van der Waals surface area (Å²) in [6.07, 6.45) is 6.25. The van der Waals surface area contributed by atoms with E-state index in [9.17, 15) is 0 Å². The van der Waals surface area contributed by atoms with E-state index < -0.39 is 0 Å². The molecule has 0 bridgehead atoms. The molecule has 0 radical (unpaired) electrons. The van der Waals surface area contributed by atoms with E-state index in [2.05, 4.69) is 44.1 Å². The second-order valence-electron chi connectivity index (χ2n) is 7.50. The molecule has 0 aromatic carbocycles. The summed E-state index contributed by atoms with van der Waals surface area (Å²) in [4.78, 5) is 7.35. The first-order valence-electron chi connectivity index (χ1n) is 10.5. The van der Waals surface area contributed by atoms with Crippen molar-refractivity contribution in [2.24, 2.45) is 10.9 Å². The molecule has 1 atom stereocenters. The summed E-state index contributed by atoms with van der Waals surface area (Å²) in [5.41, 5.74) is 0. The number of likely N-dealkylation sites (tertiary alicyclic amines) is 1. The fourth-order valence-corrected chi connectivity index (χ4v) is 3.87. The monoisotopic (exact) mass is 505 g/mol. The Balaban J connectivity index is 0.00000280. The van der Waals surface area contributed by atoms with Gasteiger partial charge in [-0.3, -0.25) is 4.99 Å². The average molecular weight is 505 g/mol. The molecule has 3 rings (SSSR count). The minimum atomic E-state index is 0. The van der Waals surface area contributed by atoms with Crippen molar-refractivity contribution in [3.63, 3.8) is 0 Å². The molecule has 0 saturated carbocycles. The van der Waals surface area contributed by atoms with E-state index in [1.165, 1.54) is 25.8 Å². The first kappa shape index (κ1) is 23.3. The van der Waals surface area contributed by atoms with Crippen molar-refractivity contribution < 1.29 is 4.74 Å². The van der Waals surface area contributed by atoms with Gasteiger partial charge >= 0.3 is 0 Å². The maximum atomic E-state index is 5.51. The number of rotatable bonds is 8. The molecule has 9 heteroatoms. The lowest BCUT2D eigenvalue weighted by atomic mass is 10.0. The first-order chi connectivity index (χ1) is 13.3. The van der Waals surface area contributed by atoms with Crippen molar-refractivity contribution in [2.45, 2.75) is 52.1 Å². The standard InChI is InChI=1S/C19H35N7O.HI/c1-3-18-24-22-15-26(18)11-8-21-19(20-4-2)23-17-5-9-25(10-6-17)13-16-7-12-27-14-16;/h15-17H,3-14H2,1-2H3,(H2,20,21,23);1H. The van der Waals surface area contributed by atoms with Gasteiger partial charge < -0.3 is 24.8 Å². The van der Waals surface area contributed by atoms with Crippen molar-refractivity contribution in [2.75, 3.05) is 45.9 Å². The first-order valence-corrected chi connectivity index (χ1v) is 10.5. The van der Waals surface area contributed by atoms with Crippen LogP contribution in [0.25, 0.3) is 0 Å². The van der Waals surface area contributed by atoms with E-state index in [1.54, 1.807) is 6.33 Å². The summed E-state index contributed by atoms with van der Waals surface area (Å²) in [5.74, 6) is 2.67. The number of ether oxygens (including phenoxy) is 1. The van der Waals surface area contributed by atoms with E-state index in [0.29, 0.717) is 6.04 Å². The molecule has 0 aliphatic carbocycles. The Hall–Kier alpha value is -0.940. The number of nitrogens with zero attached hydrogens (tertiary/aromatic N) is 5. The molecular formula is C19H36IN7O. The van der Waals surface area contributed by atoms with Gasteiger partial charge in [-0.1, -0.05) is 6.92 Å². The molecule has 1 aromatic rings. The predicted molar refractivity (Wildman–Crippen MR) is 122 cm³/mol. The Morgan fingerprint density at radius 1 is 1.29 bits per heavy atom. The Labute approximate surface area is 185 Å². The third kappa shape index (κ3) is 7.14. The Morgan fingerprint density at radius 2 is 2.11 bits per heavy atom. The minimum absolute atomic E-state index is 0. The molecule has 3 heterocycles. The number of halogens is 1. The third-order valence-electron chi connectivity index (χ3n) is 5.44. The minimum Gasteiger partial charge on any atom is -0.381 e. The smallest absolute Gasteiger partial charge is 0.191 e. The highest BCUT2D eigenvalue weighted by atomic mass is 127. The maximum absolute atomic E-state index is 5.51. The summed E-state index contributed by atoms with van der Waals surface area (Å²) >= 11 is 0. The maximum Gasteiger partial charge on any atom is 0.191 e. The van der Waals surface area contributed by atoms with Crippen LogP contribution in [0.1, 0.15) is 38.9 Å². The Morgan fingerprint density at radius 3 is 2.79 bits per heavy atom. The molecule has 0 spiro atoms. The second-order valence-corrected chi connectivity index (χ2v) is 7.50. The third-order valence-corrected chi connectivity index (χ3v) is 5.44. The number of aliphatic imine (C=N–C) groups is 1. The predicted octanol–water partition coefficient (Wildman–Crippen LogP) is 1.51. The van der Waals surface area contributed by atoms with E-state index >= 15 is 0 Å². The highest BCUT2D eigenvalue weighted by molar-refractivity contribution is 14.0. The molecule has 2 saturated heterocycles. The number of guanidine groups is 1. The molecule has 160 valence electrons. The fourth-order valence-electron chi connectivity index (χ4n) is 3.87. The highest BCUT2D eigenvalue weighted by Crippen LogP contribution is 2.17. The summed E-state index contributed by atoms with van der Waals surface area (Å²) in [5, 5.41) is 15.1. The zero-order chi connectivity index (χ0) is 18.9. The van der Waals surface area contributed by atoms with Crippen molar-refractivity contribution in [3.05, 3.63) is 12.2 Å². The summed E-state index contributed by atoms with van der Waals surface area (Å²) in [6.45, 7) is 12.0. The van der Waals surface area contributed by atoms with Crippen molar-refractivity contribution >= 4 is 29.9 Å². The van der Waals surface area contributed by atoms with Crippen LogP contribution in [0.5, 0.6) is 0 Å². The highest BCUT2D eigenvalue weighted by Gasteiger charge is 2.24. The zero-order valence-electron chi connectivity index (χ0n) is 17.3. The molecule has 2 aliphatic rings. The van der Waals surface area contributed by atoms with Gasteiger partial charge in [0, 0.05) is 51.8 Å². The molecule has 0 amide bonds. The van der Waals surface area contributed by atoms with E-state index in [1.807, 2.05) is 0 Å². The van der Waals surface area contributed by atoms with E-state index in [4.69, 9.17) is 9.73 Å². The summed E-state index contributed by atoms with van der Waals surface area (Å²) in [7, 11) is 0. The van der Waals surface area contributed by atoms with Crippen molar-refractivity contribution in [3.8, 4) is 0 Å². The summed E-state index contributed by atoms with van der Waals surface area (Å²) in [6, 6.07) is 0.500. The lowest BCUT2D eigenvalue weighted by molar-refractivity contribution is 0.150. The van der Waals surface area contributed by atoms with Crippen LogP contribution in [0.3, 0.4) is 0 Å². The van der Waals surface area contributed by atoms with Crippen LogP contribution in [-0.2, 0) is 17.7 Å². The van der Waals surface area contributed by atoms with E-state index in [0.717, 1.165) is 70.1 Å². The van der Waals surface area contributed by atoms with Gasteiger partial charge in [0.15, 0.2) is 5.96 Å². The number of aryl methyl sites for hydroxylation is 1. The van der Waals surface area contributed by atoms with Gasteiger partial charge in [0.25, 0.3) is 0 Å². The van der Waals surface area contributed by atoms with Crippen LogP contribution in [-0.4, -0.2) is 77.6 Å². The molecular weight excluding hydrogens is 469 g/mol. The molecule has 8 nitrogen and oxygen atoms in total.